The molecule has 2 aromatic heterocycles. The highest BCUT2D eigenvalue weighted by Gasteiger charge is 2.55. The summed E-state index contributed by atoms with van der Waals surface area (Å²) in [5, 5.41) is 56.9. The normalized spacial score (nSPS) is 28.2. The number of aliphatic hydroxyl groups is 4. The number of amides is 4. The van der Waals surface area contributed by atoms with Gasteiger partial charge in [-0.3, -0.25) is 9.80 Å². The highest BCUT2D eigenvalue weighted by Crippen LogP contribution is 2.59. The molecule has 4 aromatic carbocycles. The van der Waals surface area contributed by atoms with E-state index in [9.17, 15) is 38.8 Å². The largest absolute Gasteiger partial charge is 0.390 e. The van der Waals surface area contributed by atoms with Crippen LogP contribution in [-0.4, -0.2) is 89.1 Å². The highest BCUT2D eigenvalue weighted by molar-refractivity contribution is 5.94. The Morgan fingerprint density at radius 3 is 1.09 bits per heavy atom. The number of nitrogens with one attached hydrogen (secondary N) is 2. The number of fused-ring (bicyclic) bond motifs is 6. The van der Waals surface area contributed by atoms with Gasteiger partial charge in [-0.05, 0) is 266 Å². The number of alkyl halides is 2. The lowest BCUT2D eigenvalue weighted by Crippen LogP contribution is -2.54. The first-order chi connectivity index (χ1) is 43.1. The molecule has 8 fully saturated rings. The van der Waals surface area contributed by atoms with Crippen LogP contribution in [0.4, 0.5) is 29.7 Å². The van der Waals surface area contributed by atoms with Crippen molar-refractivity contribution in [3.05, 3.63) is 132 Å². The maximum atomic E-state index is 14.5. The van der Waals surface area contributed by atoms with Crippen LogP contribution in [-0.2, 0) is 33.4 Å². The molecule has 496 valence electrons. The molecule has 4 bridgehead atoms. The molecule has 0 unspecified atom stereocenters. The molecule has 92 heavy (non-hydrogen) atoms. The Kier molecular flexibility index (Phi) is 18.1. The molecule has 8 saturated carbocycles. The molecule has 16 nitrogen and oxygen atoms in total. The summed E-state index contributed by atoms with van der Waals surface area (Å²) in [7, 11) is 0. The van der Waals surface area contributed by atoms with Crippen molar-refractivity contribution >= 4 is 23.4 Å². The van der Waals surface area contributed by atoms with Crippen LogP contribution in [0.1, 0.15) is 232 Å². The van der Waals surface area contributed by atoms with E-state index in [1.165, 1.54) is 27.7 Å². The summed E-state index contributed by atoms with van der Waals surface area (Å²) in [4.78, 5) is 41.2. The number of urea groups is 2. The molecule has 0 saturated heterocycles. The Morgan fingerprint density at radius 2 is 0.804 bits per heavy atom. The molecule has 14 rings (SSSR count). The second kappa shape index (κ2) is 24.9. The number of carbonyl (C=O) groups is 2. The monoisotopic (exact) mass is 1260 g/mol. The first-order valence-electron chi connectivity index (χ1n) is 33.7. The Labute approximate surface area is 541 Å². The van der Waals surface area contributed by atoms with E-state index in [4.69, 9.17) is 9.05 Å². The quantitative estimate of drug-likeness (QED) is 0.0533. The lowest BCUT2D eigenvalue weighted by molar-refractivity contribution is 0.0148. The van der Waals surface area contributed by atoms with Crippen LogP contribution in [0.5, 0.6) is 0 Å². The number of rotatable bonds is 16. The van der Waals surface area contributed by atoms with Gasteiger partial charge >= 0.3 is 12.1 Å². The van der Waals surface area contributed by atoms with Gasteiger partial charge in [0.2, 0.25) is 0 Å². The van der Waals surface area contributed by atoms with Crippen molar-refractivity contribution in [1.82, 2.24) is 30.9 Å². The predicted octanol–water partition coefficient (Wildman–Crippen LogP) is 15.3. The third kappa shape index (κ3) is 14.8. The number of hydrogen-bond acceptors (Lipinski definition) is 12. The fourth-order valence-electron chi connectivity index (χ4n) is 15.4. The van der Waals surface area contributed by atoms with Crippen molar-refractivity contribution in [2.45, 2.75) is 254 Å². The van der Waals surface area contributed by atoms with Crippen molar-refractivity contribution in [1.29, 1.82) is 0 Å². The minimum Gasteiger partial charge on any atom is -0.390 e. The van der Waals surface area contributed by atoms with E-state index < -0.39 is 33.7 Å². The fraction of sp³-hybridized carbons (Fsp3) is 0.595. The number of aromatic nitrogens is 4. The molecule has 6 aromatic rings. The van der Waals surface area contributed by atoms with Crippen LogP contribution in [0.15, 0.2) is 106 Å². The van der Waals surface area contributed by atoms with Gasteiger partial charge in [0.1, 0.15) is 0 Å². The van der Waals surface area contributed by atoms with Gasteiger partial charge in [-0.1, -0.05) is 83.1 Å². The Hall–Kier alpha value is -6.60. The smallest absolute Gasteiger partial charge is 0.322 e. The van der Waals surface area contributed by atoms with Crippen molar-refractivity contribution in [3.8, 4) is 22.3 Å². The highest BCUT2D eigenvalue weighted by atomic mass is 19.1. The minimum atomic E-state index is -1.68. The average molecular weight is 1270 g/mol. The summed E-state index contributed by atoms with van der Waals surface area (Å²) >= 11 is 0. The zero-order valence-electron chi connectivity index (χ0n) is 55.8. The van der Waals surface area contributed by atoms with Crippen molar-refractivity contribution in [2.75, 3.05) is 22.9 Å². The van der Waals surface area contributed by atoms with Crippen LogP contribution in [0.25, 0.3) is 22.3 Å². The number of carbonyl (C=O) groups excluding carboxylic acids is 2. The molecule has 0 aliphatic heterocycles. The molecule has 8 aliphatic carbocycles. The van der Waals surface area contributed by atoms with Crippen molar-refractivity contribution in [2.24, 2.45) is 10.8 Å². The van der Waals surface area contributed by atoms with Crippen LogP contribution in [0.3, 0.4) is 0 Å². The predicted molar refractivity (Wildman–Crippen MR) is 352 cm³/mol. The summed E-state index contributed by atoms with van der Waals surface area (Å²) in [6.07, 6.45) is 16.4. The van der Waals surface area contributed by atoms with Crippen LogP contribution in [0, 0.1) is 10.8 Å². The van der Waals surface area contributed by atoms with Gasteiger partial charge in [-0.15, -0.1) is 0 Å². The van der Waals surface area contributed by atoms with Gasteiger partial charge in [-0.25, -0.2) is 18.4 Å². The van der Waals surface area contributed by atoms with Gasteiger partial charge in [0, 0.05) is 47.4 Å². The number of hydrogen-bond donors (Lipinski definition) is 6. The zero-order valence-corrected chi connectivity index (χ0v) is 55.8. The SMILES string of the molecule is CC1(O)CCC(NC(=O)N(CC23CCC(c4noc(C(C)(C)F)n4)(CC2)CC3)c2cccc(-c3ccc(C(C)(C)O)cc3)c2)CC1.CC1(O)CCC(NC(=O)N(CC23CCC(c4noc(C(C)(C)F)n4)(CC2)CC3)c2cccc(-c3ccc(C(C)(C)O)cc3)c2)CC1. The molecule has 0 spiro atoms. The van der Waals surface area contributed by atoms with Crippen LogP contribution < -0.4 is 20.4 Å². The number of anilines is 2. The van der Waals surface area contributed by atoms with Gasteiger partial charge in [0.15, 0.2) is 23.0 Å². The molecule has 0 atom stereocenters. The topological polar surface area (TPSA) is 223 Å². The maximum Gasteiger partial charge on any atom is 0.322 e. The van der Waals surface area contributed by atoms with Crippen LogP contribution in [0.2, 0.25) is 0 Å². The van der Waals surface area contributed by atoms with Gasteiger partial charge in [0.05, 0.1) is 22.4 Å². The Bertz CT molecular complexity index is 3270. The second-order valence-electron chi connectivity index (χ2n) is 31.3. The van der Waals surface area contributed by atoms with Gasteiger partial charge < -0.3 is 40.1 Å². The molecule has 0 radical (unpaired) electrons. The van der Waals surface area contributed by atoms with Crippen molar-refractivity contribution in [3.63, 3.8) is 0 Å². The summed E-state index contributed by atoms with van der Waals surface area (Å²) < 4.78 is 39.7. The number of nitrogens with zero attached hydrogens (tertiary/aromatic N) is 6. The second-order valence-corrected chi connectivity index (χ2v) is 31.3. The van der Waals surface area contributed by atoms with E-state index in [2.05, 4.69) is 43.0 Å². The Balaban J connectivity index is 0.000000188. The van der Waals surface area contributed by atoms with E-state index in [0.717, 1.165) is 147 Å². The molecular formula is C74H98F2N8O8. The number of benzene rings is 4. The standard InChI is InChI=1S/2C37H49FN4O4/c2*1-33(2,38)31-40-30(41-46-31)37-20-17-36(18-21-37,19-22-37)24-42(32(43)39-28-13-15-35(5,45)16-14-28)29-8-6-7-26(23-29)25-9-11-27(12-10-25)34(3,4)44/h2*6-12,23,28,44-45H,13-22,24H2,1-5H3,(H,39,43). The van der Waals surface area contributed by atoms with Gasteiger partial charge in [-0.2, -0.15) is 9.97 Å². The zero-order chi connectivity index (χ0) is 65.9. The molecule has 6 N–H and O–H groups in total. The van der Waals surface area contributed by atoms with E-state index in [0.29, 0.717) is 50.4 Å². The third-order valence-electron chi connectivity index (χ3n) is 22.0. The molecule has 4 amide bonds. The molecule has 8 aliphatic rings. The van der Waals surface area contributed by atoms with E-state index in [1.54, 1.807) is 27.7 Å². The Morgan fingerprint density at radius 1 is 0.489 bits per heavy atom. The molecule has 2 heterocycles. The van der Waals surface area contributed by atoms with E-state index >= 15 is 0 Å². The van der Waals surface area contributed by atoms with Crippen molar-refractivity contribution < 1.29 is 47.8 Å². The van der Waals surface area contributed by atoms with E-state index in [-0.39, 0.29) is 57.6 Å². The summed E-state index contributed by atoms with van der Waals surface area (Å²) in [6.45, 7) is 17.8. The summed E-state index contributed by atoms with van der Waals surface area (Å²) in [5.74, 6) is 1.29. The minimum absolute atomic E-state index is 0.0165. The summed E-state index contributed by atoms with van der Waals surface area (Å²) in [6, 6.07) is 31.9. The first kappa shape index (κ1) is 66.8. The van der Waals surface area contributed by atoms with Crippen LogP contribution >= 0.6 is 0 Å². The lowest BCUT2D eigenvalue weighted by atomic mass is 9.53. The summed E-state index contributed by atoms with van der Waals surface area (Å²) in [5.41, 5.74) is 0.318. The first-order valence-corrected chi connectivity index (χ1v) is 33.7. The lowest BCUT2D eigenvalue weighted by Gasteiger charge is -2.53. The molecular weight excluding hydrogens is 1170 g/mol. The average Bonchev–Trinajstić information content (AvgIpc) is 1.28. The maximum absolute atomic E-state index is 14.5. The van der Waals surface area contributed by atoms with Gasteiger partial charge in [0.25, 0.3) is 11.8 Å². The number of halogens is 2. The fourth-order valence-corrected chi connectivity index (χ4v) is 15.4. The van der Waals surface area contributed by atoms with E-state index in [1.807, 2.05) is 109 Å². The molecule has 18 heteroatoms. The third-order valence-corrected chi connectivity index (χ3v) is 22.0.